The average molecular weight is 246 g/mol. The molecule has 0 aliphatic carbocycles. The van der Waals surface area contributed by atoms with Crippen LogP contribution in [0.2, 0.25) is 0 Å². The van der Waals surface area contributed by atoms with Crippen molar-refractivity contribution in [2.75, 3.05) is 0 Å². The Hall–Kier alpha value is -2.01. The maximum Gasteiger partial charge on any atom is 0.258 e. The molecule has 0 atom stereocenters. The number of halogens is 1. The molecule has 0 N–H and O–H groups in total. The molecule has 3 aromatic rings. The van der Waals surface area contributed by atoms with Gasteiger partial charge in [-0.15, -0.1) is 21.5 Å². The van der Waals surface area contributed by atoms with Crippen molar-refractivity contribution in [2.24, 2.45) is 0 Å². The summed E-state index contributed by atoms with van der Waals surface area (Å²) in [5.41, 5.74) is 0.322. The van der Waals surface area contributed by atoms with Crippen molar-refractivity contribution >= 4 is 11.3 Å². The fourth-order valence-corrected chi connectivity index (χ4v) is 2.11. The lowest BCUT2D eigenvalue weighted by molar-refractivity contribution is 0.572. The van der Waals surface area contributed by atoms with Gasteiger partial charge in [-0.1, -0.05) is 18.2 Å². The van der Waals surface area contributed by atoms with Crippen molar-refractivity contribution in [1.82, 2.24) is 10.2 Å². The molecule has 17 heavy (non-hydrogen) atoms. The lowest BCUT2D eigenvalue weighted by atomic mass is 10.2. The zero-order chi connectivity index (χ0) is 11.7. The number of aromatic nitrogens is 2. The number of hydrogen-bond donors (Lipinski definition) is 0. The standard InChI is InChI=1S/C12H7FN2OS/c13-9-5-2-1-4-8(9)11-14-15-12(16-11)10-6-3-7-17-10/h1-7H. The summed E-state index contributed by atoms with van der Waals surface area (Å²) in [5, 5.41) is 9.68. The summed E-state index contributed by atoms with van der Waals surface area (Å²) in [6.07, 6.45) is 0. The SMILES string of the molecule is Fc1ccccc1-c1nnc(-c2cccs2)o1. The predicted molar refractivity (Wildman–Crippen MR) is 63.0 cm³/mol. The van der Waals surface area contributed by atoms with Crippen LogP contribution in [0, 0.1) is 5.82 Å². The molecule has 0 saturated heterocycles. The van der Waals surface area contributed by atoms with Crippen LogP contribution in [0.25, 0.3) is 22.2 Å². The molecular formula is C12H7FN2OS. The minimum Gasteiger partial charge on any atom is -0.415 e. The molecule has 2 heterocycles. The van der Waals surface area contributed by atoms with Crippen molar-refractivity contribution < 1.29 is 8.81 Å². The van der Waals surface area contributed by atoms with Gasteiger partial charge in [0.25, 0.3) is 11.8 Å². The first kappa shape index (κ1) is 10.2. The van der Waals surface area contributed by atoms with E-state index in [9.17, 15) is 4.39 Å². The van der Waals surface area contributed by atoms with Gasteiger partial charge in [0.15, 0.2) is 0 Å². The van der Waals surface area contributed by atoms with Gasteiger partial charge in [0, 0.05) is 0 Å². The number of thiophene rings is 1. The van der Waals surface area contributed by atoms with E-state index in [1.54, 1.807) is 18.2 Å². The summed E-state index contributed by atoms with van der Waals surface area (Å²) in [5.74, 6) is 0.249. The molecule has 0 fully saturated rings. The fourth-order valence-electron chi connectivity index (χ4n) is 1.47. The Morgan fingerprint density at radius 1 is 1.00 bits per heavy atom. The summed E-state index contributed by atoms with van der Waals surface area (Å²) in [7, 11) is 0. The largest absolute Gasteiger partial charge is 0.415 e. The fraction of sp³-hybridized carbons (Fsp3) is 0. The Bertz CT molecular complexity index is 634. The van der Waals surface area contributed by atoms with Crippen LogP contribution in [0.4, 0.5) is 4.39 Å². The molecular weight excluding hydrogens is 239 g/mol. The Morgan fingerprint density at radius 3 is 2.59 bits per heavy atom. The van der Waals surface area contributed by atoms with Crippen LogP contribution >= 0.6 is 11.3 Å². The molecule has 3 rings (SSSR count). The third-order valence-electron chi connectivity index (χ3n) is 2.26. The third-order valence-corrected chi connectivity index (χ3v) is 3.12. The molecule has 1 aromatic carbocycles. The molecule has 0 saturated carbocycles. The molecule has 0 aliphatic rings. The number of rotatable bonds is 2. The lowest BCUT2D eigenvalue weighted by Gasteiger charge is -1.95. The maximum atomic E-state index is 13.5. The minimum absolute atomic E-state index is 0.200. The van der Waals surface area contributed by atoms with E-state index in [-0.39, 0.29) is 11.7 Å². The highest BCUT2D eigenvalue weighted by molar-refractivity contribution is 7.13. The second-order valence-corrected chi connectivity index (χ2v) is 4.32. The van der Waals surface area contributed by atoms with E-state index in [2.05, 4.69) is 10.2 Å². The Kier molecular flexibility index (Phi) is 2.45. The molecule has 2 aromatic heterocycles. The first-order valence-corrected chi connectivity index (χ1v) is 5.85. The van der Waals surface area contributed by atoms with Crippen LogP contribution in [0.5, 0.6) is 0 Å². The quantitative estimate of drug-likeness (QED) is 0.693. The van der Waals surface area contributed by atoms with Crippen LogP contribution in [0.3, 0.4) is 0 Å². The number of hydrogen-bond acceptors (Lipinski definition) is 4. The highest BCUT2D eigenvalue weighted by Gasteiger charge is 2.13. The monoisotopic (exact) mass is 246 g/mol. The van der Waals surface area contributed by atoms with Gasteiger partial charge in [-0.3, -0.25) is 0 Å². The highest BCUT2D eigenvalue weighted by atomic mass is 32.1. The smallest absolute Gasteiger partial charge is 0.258 e. The van der Waals surface area contributed by atoms with Gasteiger partial charge < -0.3 is 4.42 Å². The summed E-state index contributed by atoms with van der Waals surface area (Å²) in [4.78, 5) is 0.875. The average Bonchev–Trinajstić information content (AvgIpc) is 3.00. The summed E-state index contributed by atoms with van der Waals surface area (Å²) < 4.78 is 18.9. The summed E-state index contributed by atoms with van der Waals surface area (Å²) in [6, 6.07) is 10.1. The topological polar surface area (TPSA) is 38.9 Å². The van der Waals surface area contributed by atoms with E-state index in [4.69, 9.17) is 4.42 Å². The molecule has 0 aliphatic heterocycles. The van der Waals surface area contributed by atoms with Crippen LogP contribution < -0.4 is 0 Å². The first-order chi connectivity index (χ1) is 8.34. The minimum atomic E-state index is -0.367. The van der Waals surface area contributed by atoms with E-state index in [1.807, 2.05) is 17.5 Å². The molecule has 0 radical (unpaired) electrons. The Morgan fingerprint density at radius 2 is 1.82 bits per heavy atom. The zero-order valence-electron chi connectivity index (χ0n) is 8.63. The third kappa shape index (κ3) is 1.85. The molecule has 0 bridgehead atoms. The Labute approximate surface area is 101 Å². The van der Waals surface area contributed by atoms with Gasteiger partial charge in [-0.25, -0.2) is 4.39 Å². The molecule has 0 amide bonds. The molecule has 0 unspecified atom stereocenters. The van der Waals surface area contributed by atoms with Crippen molar-refractivity contribution in [1.29, 1.82) is 0 Å². The number of benzene rings is 1. The molecule has 3 nitrogen and oxygen atoms in total. The predicted octanol–water partition coefficient (Wildman–Crippen LogP) is 3.60. The second-order valence-electron chi connectivity index (χ2n) is 3.37. The van der Waals surface area contributed by atoms with Gasteiger partial charge in [-0.2, -0.15) is 0 Å². The van der Waals surface area contributed by atoms with Gasteiger partial charge in [0.1, 0.15) is 5.82 Å². The van der Waals surface area contributed by atoms with Gasteiger partial charge in [0.2, 0.25) is 0 Å². The van der Waals surface area contributed by atoms with Crippen molar-refractivity contribution in [2.45, 2.75) is 0 Å². The summed E-state index contributed by atoms with van der Waals surface area (Å²) in [6.45, 7) is 0. The lowest BCUT2D eigenvalue weighted by Crippen LogP contribution is -1.82. The molecule has 0 spiro atoms. The van der Waals surface area contributed by atoms with E-state index < -0.39 is 0 Å². The zero-order valence-corrected chi connectivity index (χ0v) is 9.45. The van der Waals surface area contributed by atoms with Crippen LogP contribution in [0.15, 0.2) is 46.2 Å². The second kappa shape index (κ2) is 4.10. The maximum absolute atomic E-state index is 13.5. The molecule has 84 valence electrons. The van der Waals surface area contributed by atoms with Crippen molar-refractivity contribution in [3.05, 3.63) is 47.6 Å². The highest BCUT2D eigenvalue weighted by Crippen LogP contribution is 2.27. The van der Waals surface area contributed by atoms with Crippen LogP contribution in [-0.4, -0.2) is 10.2 Å². The first-order valence-electron chi connectivity index (χ1n) is 4.97. The van der Waals surface area contributed by atoms with E-state index in [1.165, 1.54) is 17.4 Å². The van der Waals surface area contributed by atoms with Crippen molar-refractivity contribution in [3.63, 3.8) is 0 Å². The van der Waals surface area contributed by atoms with E-state index >= 15 is 0 Å². The van der Waals surface area contributed by atoms with Gasteiger partial charge >= 0.3 is 0 Å². The van der Waals surface area contributed by atoms with E-state index in [0.29, 0.717) is 11.5 Å². The van der Waals surface area contributed by atoms with Crippen LogP contribution in [-0.2, 0) is 0 Å². The van der Waals surface area contributed by atoms with Gasteiger partial charge in [0.05, 0.1) is 10.4 Å². The van der Waals surface area contributed by atoms with E-state index in [0.717, 1.165) is 4.88 Å². The number of nitrogens with zero attached hydrogens (tertiary/aromatic N) is 2. The van der Waals surface area contributed by atoms with Crippen LogP contribution in [0.1, 0.15) is 0 Å². The molecule has 5 heteroatoms. The summed E-state index contributed by atoms with van der Waals surface area (Å²) >= 11 is 1.50. The van der Waals surface area contributed by atoms with Crippen molar-refractivity contribution in [3.8, 4) is 22.2 Å². The Balaban J connectivity index is 2.04. The normalized spacial score (nSPS) is 10.6. The van der Waals surface area contributed by atoms with Gasteiger partial charge in [-0.05, 0) is 23.6 Å².